The van der Waals surface area contributed by atoms with Gasteiger partial charge in [-0.05, 0) is 199 Å². The maximum absolute atomic E-state index is 10.2. The van der Waals surface area contributed by atoms with Crippen molar-refractivity contribution in [2.45, 2.75) is 218 Å². The van der Waals surface area contributed by atoms with Crippen molar-refractivity contribution < 1.29 is 30.6 Å². The first-order chi connectivity index (χ1) is 39.1. The summed E-state index contributed by atoms with van der Waals surface area (Å²) in [5.41, 5.74) is 15.4. The Morgan fingerprint density at radius 1 is 0.298 bits per heavy atom. The molecule has 450 valence electrons. The lowest BCUT2D eigenvalue weighted by Crippen LogP contribution is -2.26. The quantitative estimate of drug-likeness (QED) is 0.0679. The fourth-order valence-electron chi connectivity index (χ4n) is 11.0. The molecule has 0 saturated heterocycles. The Labute approximate surface area is 508 Å². The van der Waals surface area contributed by atoms with E-state index in [2.05, 4.69) is 171 Å². The van der Waals surface area contributed by atoms with Crippen molar-refractivity contribution in [1.29, 1.82) is 0 Å². The summed E-state index contributed by atoms with van der Waals surface area (Å²) < 4.78 is 0. The number of phenols is 3. The van der Waals surface area contributed by atoms with E-state index >= 15 is 0 Å². The summed E-state index contributed by atoms with van der Waals surface area (Å²) in [5.74, 6) is 19.5. The summed E-state index contributed by atoms with van der Waals surface area (Å²) in [7, 11) is 0. The highest BCUT2D eigenvalue weighted by Crippen LogP contribution is 2.44. The summed E-state index contributed by atoms with van der Waals surface area (Å²) in [6.07, 6.45) is 3.87. The van der Waals surface area contributed by atoms with Gasteiger partial charge < -0.3 is 30.6 Å². The van der Waals surface area contributed by atoms with Crippen LogP contribution < -0.4 is 0 Å². The third kappa shape index (κ3) is 16.6. The summed E-state index contributed by atoms with van der Waals surface area (Å²) >= 11 is 0. The van der Waals surface area contributed by atoms with Crippen LogP contribution in [0, 0.1) is 93.3 Å². The van der Waals surface area contributed by atoms with E-state index in [1.807, 2.05) is 101 Å². The molecule has 6 aromatic carbocycles. The Kier molecular flexibility index (Phi) is 24.0. The molecule has 0 bridgehead atoms. The molecule has 6 nitrogen and oxygen atoms in total. The third-order valence-electron chi connectivity index (χ3n) is 17.7. The molecule has 0 fully saturated rings. The molecule has 0 heterocycles. The largest absolute Gasteiger partial charge is 0.508 e. The standard InChI is InChI=1S/3C26H34O2/c3*1-8-26(9-2,22-13-14-23(27)19(4)17-22)21-12-10-20(18(3)16-21)11-15-24(28)25(5,6)7/h3*10,12-14,16-17,24,27-28H,8-9H2,1-7H3. The van der Waals surface area contributed by atoms with E-state index in [9.17, 15) is 30.6 Å². The van der Waals surface area contributed by atoms with Crippen LogP contribution in [-0.2, 0) is 16.2 Å². The van der Waals surface area contributed by atoms with Gasteiger partial charge in [0.15, 0.2) is 0 Å². The van der Waals surface area contributed by atoms with E-state index in [4.69, 9.17) is 0 Å². The van der Waals surface area contributed by atoms with Gasteiger partial charge in [0.2, 0.25) is 0 Å². The highest BCUT2D eigenvalue weighted by Gasteiger charge is 2.34. The van der Waals surface area contributed by atoms with Crippen LogP contribution in [0.15, 0.2) is 109 Å². The van der Waals surface area contributed by atoms with Crippen LogP contribution in [0.2, 0.25) is 0 Å². The van der Waals surface area contributed by atoms with Crippen molar-refractivity contribution in [3.63, 3.8) is 0 Å². The molecule has 3 atom stereocenters. The van der Waals surface area contributed by atoms with Crippen LogP contribution in [0.3, 0.4) is 0 Å². The fraction of sp³-hybridized carbons (Fsp3) is 0.462. The van der Waals surface area contributed by atoms with Crippen LogP contribution in [0.25, 0.3) is 0 Å². The maximum Gasteiger partial charge on any atom is 0.119 e. The van der Waals surface area contributed by atoms with Gasteiger partial charge in [0, 0.05) is 32.9 Å². The SMILES string of the molecule is CCC(CC)(c1ccc(O)c(C)c1)c1ccc(C#CC(O)C(C)(C)C)c(C)c1.CCC(CC)(c1ccc(O)c(C)c1)c1ccc(C#CC(O)C(C)(C)C)c(C)c1.CCC(CC)(c1ccc(O)c(C)c1)c1ccc(C#CC(O)C(C)(C)C)c(C)c1. The Bertz CT molecular complexity index is 3020. The minimum atomic E-state index is -0.656. The van der Waals surface area contributed by atoms with Crippen LogP contribution in [0.5, 0.6) is 17.2 Å². The average Bonchev–Trinajstić information content (AvgIpc) is 2.35. The summed E-state index contributed by atoms with van der Waals surface area (Å²) in [5, 5.41) is 60.4. The topological polar surface area (TPSA) is 121 Å². The van der Waals surface area contributed by atoms with Gasteiger partial charge in [-0.3, -0.25) is 0 Å². The highest BCUT2D eigenvalue weighted by atomic mass is 16.3. The molecule has 6 rings (SSSR count). The van der Waals surface area contributed by atoms with E-state index in [1.54, 1.807) is 18.2 Å². The maximum atomic E-state index is 10.2. The van der Waals surface area contributed by atoms with Crippen molar-refractivity contribution in [2.75, 3.05) is 0 Å². The molecule has 0 aliphatic heterocycles. The lowest BCUT2D eigenvalue weighted by molar-refractivity contribution is 0.114. The number of phenolic OH excluding ortho intramolecular Hbond substituents is 3. The molecular formula is C78H102O6. The van der Waals surface area contributed by atoms with Crippen LogP contribution in [-0.4, -0.2) is 49.0 Å². The summed E-state index contributed by atoms with van der Waals surface area (Å²) in [6, 6.07) is 37.2. The number of hydrogen-bond acceptors (Lipinski definition) is 6. The zero-order valence-corrected chi connectivity index (χ0v) is 55.1. The second-order valence-electron chi connectivity index (χ2n) is 26.6. The molecular weight excluding hydrogens is 1030 g/mol. The lowest BCUT2D eigenvalue weighted by Gasteiger charge is -2.34. The van der Waals surface area contributed by atoms with Gasteiger partial charge in [0.05, 0.1) is 0 Å². The van der Waals surface area contributed by atoms with Gasteiger partial charge in [0.1, 0.15) is 35.6 Å². The number of hydrogen-bond donors (Lipinski definition) is 6. The average molecular weight is 1140 g/mol. The number of aryl methyl sites for hydroxylation is 6. The molecule has 3 unspecified atom stereocenters. The van der Waals surface area contributed by atoms with Gasteiger partial charge in [-0.1, -0.05) is 212 Å². The molecule has 0 aliphatic rings. The molecule has 0 amide bonds. The van der Waals surface area contributed by atoms with Crippen molar-refractivity contribution in [1.82, 2.24) is 0 Å². The Hall–Kier alpha value is -6.72. The first-order valence-corrected chi connectivity index (χ1v) is 30.5. The Morgan fingerprint density at radius 3 is 0.631 bits per heavy atom. The van der Waals surface area contributed by atoms with E-state index in [-0.39, 0.29) is 32.5 Å². The number of aliphatic hydroxyl groups excluding tert-OH is 3. The van der Waals surface area contributed by atoms with Crippen molar-refractivity contribution in [3.05, 3.63) is 193 Å². The molecule has 0 spiro atoms. The number of rotatable bonds is 12. The number of aromatic hydroxyl groups is 3. The molecule has 6 N–H and O–H groups in total. The molecule has 0 radical (unpaired) electrons. The van der Waals surface area contributed by atoms with Crippen LogP contribution >= 0.6 is 0 Å². The van der Waals surface area contributed by atoms with E-state index in [0.717, 1.165) is 88.6 Å². The van der Waals surface area contributed by atoms with E-state index in [1.165, 1.54) is 33.4 Å². The predicted molar refractivity (Wildman–Crippen MR) is 353 cm³/mol. The Balaban J connectivity index is 0.000000270. The minimum absolute atomic E-state index is 0.0971. The third-order valence-corrected chi connectivity index (χ3v) is 17.7. The number of benzene rings is 6. The van der Waals surface area contributed by atoms with E-state index in [0.29, 0.717) is 17.2 Å². The zero-order chi connectivity index (χ0) is 63.3. The molecule has 6 heteroatoms. The van der Waals surface area contributed by atoms with Crippen LogP contribution in [0.1, 0.15) is 226 Å². The molecule has 0 aliphatic carbocycles. The van der Waals surface area contributed by atoms with Gasteiger partial charge in [0.25, 0.3) is 0 Å². The fourth-order valence-corrected chi connectivity index (χ4v) is 11.0. The summed E-state index contributed by atoms with van der Waals surface area (Å²) in [4.78, 5) is 0. The minimum Gasteiger partial charge on any atom is -0.508 e. The first-order valence-electron chi connectivity index (χ1n) is 30.5. The monoisotopic (exact) mass is 1130 g/mol. The van der Waals surface area contributed by atoms with Crippen molar-refractivity contribution in [3.8, 4) is 52.8 Å². The molecule has 84 heavy (non-hydrogen) atoms. The van der Waals surface area contributed by atoms with Gasteiger partial charge in [-0.15, -0.1) is 0 Å². The lowest BCUT2D eigenvalue weighted by atomic mass is 9.70. The molecule has 0 saturated carbocycles. The normalized spacial score (nSPS) is 13.0. The Morgan fingerprint density at radius 2 is 0.476 bits per heavy atom. The first kappa shape index (κ1) is 69.8. The zero-order valence-electron chi connectivity index (χ0n) is 55.1. The molecule has 6 aromatic rings. The van der Waals surface area contributed by atoms with Crippen molar-refractivity contribution >= 4 is 0 Å². The van der Waals surface area contributed by atoms with Gasteiger partial charge >= 0.3 is 0 Å². The molecule has 0 aromatic heterocycles. The number of aliphatic hydroxyl groups is 3. The summed E-state index contributed by atoms with van der Waals surface area (Å²) in [6.45, 7) is 43.2. The predicted octanol–water partition coefficient (Wildman–Crippen LogP) is 17.6. The van der Waals surface area contributed by atoms with Crippen LogP contribution in [0.4, 0.5) is 0 Å². The van der Waals surface area contributed by atoms with Gasteiger partial charge in [-0.2, -0.15) is 0 Å². The van der Waals surface area contributed by atoms with Crippen molar-refractivity contribution in [2.24, 2.45) is 16.2 Å². The highest BCUT2D eigenvalue weighted by molar-refractivity contribution is 5.53. The van der Waals surface area contributed by atoms with E-state index < -0.39 is 18.3 Å². The second kappa shape index (κ2) is 28.9. The van der Waals surface area contributed by atoms with Gasteiger partial charge in [-0.25, -0.2) is 0 Å². The second-order valence-corrected chi connectivity index (χ2v) is 26.6. The smallest absolute Gasteiger partial charge is 0.119 e.